The highest BCUT2D eigenvalue weighted by atomic mass is 32.2. The summed E-state index contributed by atoms with van der Waals surface area (Å²) in [6, 6.07) is 16.0. The van der Waals surface area contributed by atoms with Crippen molar-refractivity contribution in [2.24, 2.45) is 0 Å². The first kappa shape index (κ1) is 24.9. The van der Waals surface area contributed by atoms with Crippen molar-refractivity contribution in [1.82, 2.24) is 0 Å². The van der Waals surface area contributed by atoms with E-state index in [-0.39, 0.29) is 16.3 Å². The third-order valence-electron chi connectivity index (χ3n) is 4.40. The van der Waals surface area contributed by atoms with Gasteiger partial charge in [-0.05, 0) is 73.7 Å². The van der Waals surface area contributed by atoms with Gasteiger partial charge in [0.15, 0.2) is 6.61 Å². The molecule has 0 aliphatic heterocycles. The minimum absolute atomic E-state index is 0.0229. The molecule has 0 saturated carbocycles. The second kappa shape index (κ2) is 10.5. The number of amides is 1. The third-order valence-corrected chi connectivity index (χ3v) is 5.79. The van der Waals surface area contributed by atoms with Crippen LogP contribution in [-0.2, 0) is 21.0 Å². The first-order chi connectivity index (χ1) is 16.1. The lowest BCUT2D eigenvalue weighted by molar-refractivity contribution is -0.137. The SMILES string of the molecule is CCOc1ccc(NS(=O)(=O)c2ccc(OCC(=O)Nc3cccc(C(F)(F)F)c3)cc2)cc1. The number of hydrogen-bond acceptors (Lipinski definition) is 5. The first-order valence-corrected chi connectivity index (χ1v) is 11.5. The molecule has 3 aromatic carbocycles. The molecule has 0 fully saturated rings. The van der Waals surface area contributed by atoms with Gasteiger partial charge in [-0.15, -0.1) is 0 Å². The van der Waals surface area contributed by atoms with E-state index in [1.54, 1.807) is 24.3 Å². The van der Waals surface area contributed by atoms with E-state index in [9.17, 15) is 26.4 Å². The van der Waals surface area contributed by atoms with Crippen molar-refractivity contribution in [2.45, 2.75) is 18.0 Å². The van der Waals surface area contributed by atoms with Crippen molar-refractivity contribution in [3.05, 3.63) is 78.4 Å². The molecule has 0 aromatic heterocycles. The Bertz CT molecular complexity index is 1230. The standard InChI is InChI=1S/C23H21F3N2O5S/c1-2-32-19-8-6-17(7-9-19)28-34(30,31)21-12-10-20(11-13-21)33-15-22(29)27-18-5-3-4-16(14-18)23(24,25)26/h3-14,28H,2,15H2,1H3,(H,27,29). The fourth-order valence-electron chi connectivity index (χ4n) is 2.83. The highest BCUT2D eigenvalue weighted by molar-refractivity contribution is 7.92. The smallest absolute Gasteiger partial charge is 0.416 e. The van der Waals surface area contributed by atoms with Crippen molar-refractivity contribution in [1.29, 1.82) is 0 Å². The number of carbonyl (C=O) groups is 1. The van der Waals surface area contributed by atoms with Gasteiger partial charge in [0, 0.05) is 11.4 Å². The minimum atomic E-state index is -4.53. The maximum atomic E-state index is 12.8. The predicted octanol–water partition coefficient (Wildman–Crippen LogP) is 4.92. The Morgan fingerprint density at radius 2 is 1.50 bits per heavy atom. The van der Waals surface area contributed by atoms with Crippen molar-refractivity contribution in [2.75, 3.05) is 23.3 Å². The summed E-state index contributed by atoms with van der Waals surface area (Å²) in [5.74, 6) is 0.149. The van der Waals surface area contributed by atoms with Gasteiger partial charge in [-0.3, -0.25) is 9.52 Å². The molecule has 0 aliphatic carbocycles. The second-order valence-corrected chi connectivity index (χ2v) is 8.63. The van der Waals surface area contributed by atoms with E-state index in [0.717, 1.165) is 12.1 Å². The molecule has 0 unspecified atom stereocenters. The van der Waals surface area contributed by atoms with E-state index in [0.29, 0.717) is 18.0 Å². The summed E-state index contributed by atoms with van der Waals surface area (Å²) >= 11 is 0. The van der Waals surface area contributed by atoms with Gasteiger partial charge >= 0.3 is 6.18 Å². The number of hydrogen-bond donors (Lipinski definition) is 2. The monoisotopic (exact) mass is 494 g/mol. The normalized spacial score (nSPS) is 11.5. The molecule has 0 radical (unpaired) electrons. The van der Waals surface area contributed by atoms with Gasteiger partial charge in [0.2, 0.25) is 0 Å². The fourth-order valence-corrected chi connectivity index (χ4v) is 3.89. The van der Waals surface area contributed by atoms with Crippen LogP contribution in [0.3, 0.4) is 0 Å². The number of carbonyl (C=O) groups excluding carboxylic acids is 1. The molecule has 3 aromatic rings. The second-order valence-electron chi connectivity index (χ2n) is 6.95. The molecule has 0 aliphatic rings. The average molecular weight is 494 g/mol. The van der Waals surface area contributed by atoms with Crippen LogP contribution in [0.2, 0.25) is 0 Å². The quantitative estimate of drug-likeness (QED) is 0.440. The lowest BCUT2D eigenvalue weighted by Crippen LogP contribution is -2.20. The van der Waals surface area contributed by atoms with Crippen molar-refractivity contribution < 1.29 is 35.9 Å². The van der Waals surface area contributed by atoms with Gasteiger partial charge in [0.05, 0.1) is 17.1 Å². The van der Waals surface area contributed by atoms with Crippen LogP contribution >= 0.6 is 0 Å². The van der Waals surface area contributed by atoms with Crippen LogP contribution in [0.5, 0.6) is 11.5 Å². The van der Waals surface area contributed by atoms with Gasteiger partial charge in [0.1, 0.15) is 11.5 Å². The van der Waals surface area contributed by atoms with Gasteiger partial charge in [-0.1, -0.05) is 6.07 Å². The Morgan fingerprint density at radius 3 is 2.12 bits per heavy atom. The van der Waals surface area contributed by atoms with E-state index in [1.165, 1.54) is 36.4 Å². The van der Waals surface area contributed by atoms with Crippen molar-refractivity contribution in [3.63, 3.8) is 0 Å². The number of rotatable bonds is 9. The minimum Gasteiger partial charge on any atom is -0.494 e. The Labute approximate surface area is 194 Å². The Hall–Kier alpha value is -3.73. The summed E-state index contributed by atoms with van der Waals surface area (Å²) in [6.07, 6.45) is -4.53. The Kier molecular flexibility index (Phi) is 7.67. The number of alkyl halides is 3. The van der Waals surface area contributed by atoms with Crippen molar-refractivity contribution >= 4 is 27.3 Å². The van der Waals surface area contributed by atoms with E-state index >= 15 is 0 Å². The van der Waals surface area contributed by atoms with E-state index < -0.39 is 34.3 Å². The molecular formula is C23H21F3N2O5S. The Balaban J connectivity index is 1.56. The van der Waals surface area contributed by atoms with Crippen LogP contribution in [0.1, 0.15) is 12.5 Å². The zero-order valence-corrected chi connectivity index (χ0v) is 18.7. The van der Waals surface area contributed by atoms with Crippen LogP contribution < -0.4 is 19.5 Å². The fraction of sp³-hybridized carbons (Fsp3) is 0.174. The van der Waals surface area contributed by atoms with Crippen LogP contribution in [0.15, 0.2) is 77.7 Å². The zero-order chi connectivity index (χ0) is 24.8. The maximum absolute atomic E-state index is 12.8. The molecule has 0 bridgehead atoms. The van der Waals surface area contributed by atoms with Crippen LogP contribution in [0, 0.1) is 0 Å². The Morgan fingerprint density at radius 1 is 0.882 bits per heavy atom. The highest BCUT2D eigenvalue weighted by Crippen LogP contribution is 2.30. The predicted molar refractivity (Wildman–Crippen MR) is 120 cm³/mol. The topological polar surface area (TPSA) is 93.7 Å². The lowest BCUT2D eigenvalue weighted by Gasteiger charge is -2.11. The highest BCUT2D eigenvalue weighted by Gasteiger charge is 2.30. The van der Waals surface area contributed by atoms with Gasteiger partial charge in [-0.25, -0.2) is 8.42 Å². The molecule has 34 heavy (non-hydrogen) atoms. The molecule has 11 heteroatoms. The molecule has 180 valence electrons. The number of sulfonamides is 1. The molecule has 0 atom stereocenters. The lowest BCUT2D eigenvalue weighted by atomic mass is 10.2. The first-order valence-electron chi connectivity index (χ1n) is 10.0. The molecule has 3 rings (SSSR count). The van der Waals surface area contributed by atoms with Crippen LogP contribution in [0.25, 0.3) is 0 Å². The van der Waals surface area contributed by atoms with Crippen LogP contribution in [-0.4, -0.2) is 27.5 Å². The largest absolute Gasteiger partial charge is 0.494 e. The van der Waals surface area contributed by atoms with Crippen molar-refractivity contribution in [3.8, 4) is 11.5 Å². The molecule has 0 spiro atoms. The number of ether oxygens (including phenoxy) is 2. The van der Waals surface area contributed by atoms with E-state index in [4.69, 9.17) is 9.47 Å². The van der Waals surface area contributed by atoms with E-state index in [2.05, 4.69) is 10.0 Å². The van der Waals surface area contributed by atoms with E-state index in [1.807, 2.05) is 6.92 Å². The average Bonchev–Trinajstić information content (AvgIpc) is 2.79. The van der Waals surface area contributed by atoms with Crippen LogP contribution in [0.4, 0.5) is 24.5 Å². The molecule has 0 saturated heterocycles. The summed E-state index contributed by atoms with van der Waals surface area (Å²) in [5, 5.41) is 2.32. The summed E-state index contributed by atoms with van der Waals surface area (Å²) < 4.78 is 76.5. The van der Waals surface area contributed by atoms with Gasteiger partial charge in [0.25, 0.3) is 15.9 Å². The third kappa shape index (κ3) is 6.88. The zero-order valence-electron chi connectivity index (χ0n) is 17.9. The summed E-state index contributed by atoms with van der Waals surface area (Å²) in [5.41, 5.74) is -0.554. The molecule has 1 amide bonds. The summed E-state index contributed by atoms with van der Waals surface area (Å²) in [7, 11) is -3.86. The molecule has 2 N–H and O–H groups in total. The number of benzene rings is 3. The summed E-state index contributed by atoms with van der Waals surface area (Å²) in [6.45, 7) is 1.85. The number of nitrogens with one attached hydrogen (secondary N) is 2. The maximum Gasteiger partial charge on any atom is 0.416 e. The molecule has 7 nitrogen and oxygen atoms in total. The van der Waals surface area contributed by atoms with Gasteiger partial charge < -0.3 is 14.8 Å². The van der Waals surface area contributed by atoms with Gasteiger partial charge in [-0.2, -0.15) is 13.2 Å². The molecular weight excluding hydrogens is 473 g/mol. The molecule has 0 heterocycles. The number of anilines is 2. The number of halogens is 3. The summed E-state index contributed by atoms with van der Waals surface area (Å²) in [4.78, 5) is 12.0.